The quantitative estimate of drug-likeness (QED) is 0.523. The van der Waals surface area contributed by atoms with E-state index in [-0.39, 0.29) is 16.6 Å². The second-order valence-corrected chi connectivity index (χ2v) is 8.85. The van der Waals surface area contributed by atoms with Crippen molar-refractivity contribution in [3.8, 4) is 0 Å². The first-order valence-corrected chi connectivity index (χ1v) is 9.73. The van der Waals surface area contributed by atoms with Crippen LogP contribution in [0.15, 0.2) is 36.4 Å². The number of rotatable bonds is 3. The number of halogens is 1. The first kappa shape index (κ1) is 18.2. The van der Waals surface area contributed by atoms with Gasteiger partial charge in [-0.1, -0.05) is 37.6 Å². The van der Waals surface area contributed by atoms with E-state index in [4.69, 9.17) is 16.3 Å². The van der Waals surface area contributed by atoms with Crippen LogP contribution >= 0.6 is 11.6 Å². The minimum absolute atomic E-state index is 0.0799. The number of fused-ring (bicyclic) bond motifs is 2. The Kier molecular flexibility index (Phi) is 4.19. The Labute approximate surface area is 164 Å². The van der Waals surface area contributed by atoms with E-state index in [9.17, 15) is 9.59 Å². The van der Waals surface area contributed by atoms with Crippen molar-refractivity contribution in [2.75, 3.05) is 7.11 Å². The molecule has 0 bridgehead atoms. The fourth-order valence-corrected chi connectivity index (χ4v) is 4.52. The van der Waals surface area contributed by atoms with E-state index in [1.54, 1.807) is 24.3 Å². The minimum Gasteiger partial charge on any atom is -0.465 e. The molecule has 0 atom stereocenters. The standard InChI is InChI=1S/C23H23ClO3/c1-22(2)8-9-23(10-11-23)18-12-16(19(24)13-17(18)22)20(25)14-4-6-15(7-5-14)21(26)27-3/h4-7,12-13H,8-11H2,1-3H3. The van der Waals surface area contributed by atoms with Gasteiger partial charge in [-0.25, -0.2) is 4.79 Å². The second kappa shape index (κ2) is 6.20. The average molecular weight is 383 g/mol. The van der Waals surface area contributed by atoms with Crippen molar-refractivity contribution < 1.29 is 14.3 Å². The number of methoxy groups -OCH3 is 1. The molecule has 1 spiro atoms. The average Bonchev–Trinajstić information content (AvgIpc) is 3.45. The molecule has 0 N–H and O–H groups in total. The maximum absolute atomic E-state index is 13.1. The predicted molar refractivity (Wildman–Crippen MR) is 106 cm³/mol. The molecule has 1 saturated carbocycles. The first-order valence-electron chi connectivity index (χ1n) is 9.35. The van der Waals surface area contributed by atoms with Gasteiger partial charge in [0.1, 0.15) is 0 Å². The molecule has 2 aromatic rings. The summed E-state index contributed by atoms with van der Waals surface area (Å²) in [7, 11) is 1.34. The predicted octanol–water partition coefficient (Wildman–Crippen LogP) is 5.46. The summed E-state index contributed by atoms with van der Waals surface area (Å²) in [4.78, 5) is 24.7. The van der Waals surface area contributed by atoms with E-state index in [1.807, 2.05) is 12.1 Å². The number of hydrogen-bond donors (Lipinski definition) is 0. The van der Waals surface area contributed by atoms with E-state index in [2.05, 4.69) is 13.8 Å². The van der Waals surface area contributed by atoms with Gasteiger partial charge in [0.05, 0.1) is 17.7 Å². The van der Waals surface area contributed by atoms with Gasteiger partial charge in [-0.3, -0.25) is 4.79 Å². The number of ether oxygens (including phenoxy) is 1. The molecule has 2 aromatic carbocycles. The fraction of sp³-hybridized carbons (Fsp3) is 0.391. The van der Waals surface area contributed by atoms with Gasteiger partial charge in [0.2, 0.25) is 0 Å². The van der Waals surface area contributed by atoms with E-state index in [0.717, 1.165) is 6.42 Å². The molecule has 140 valence electrons. The van der Waals surface area contributed by atoms with Crippen LogP contribution in [0.4, 0.5) is 0 Å². The highest BCUT2D eigenvalue weighted by Gasteiger charge is 2.50. The molecule has 0 amide bonds. The summed E-state index contributed by atoms with van der Waals surface area (Å²) in [6.45, 7) is 4.51. The smallest absolute Gasteiger partial charge is 0.337 e. The number of benzene rings is 2. The number of carbonyl (C=O) groups is 2. The topological polar surface area (TPSA) is 43.4 Å². The van der Waals surface area contributed by atoms with E-state index in [0.29, 0.717) is 21.7 Å². The van der Waals surface area contributed by atoms with Crippen molar-refractivity contribution in [1.82, 2.24) is 0 Å². The van der Waals surface area contributed by atoms with Gasteiger partial charge in [0.25, 0.3) is 0 Å². The van der Waals surface area contributed by atoms with Crippen LogP contribution in [0, 0.1) is 0 Å². The van der Waals surface area contributed by atoms with Crippen LogP contribution < -0.4 is 0 Å². The maximum Gasteiger partial charge on any atom is 0.337 e. The third-order valence-electron chi connectivity index (χ3n) is 6.30. The molecule has 4 heteroatoms. The Hall–Kier alpha value is -2.13. The number of ketones is 1. The molecule has 2 aliphatic carbocycles. The Morgan fingerprint density at radius 1 is 0.926 bits per heavy atom. The largest absolute Gasteiger partial charge is 0.465 e. The number of carbonyl (C=O) groups excluding carboxylic acids is 2. The lowest BCUT2D eigenvalue weighted by Crippen LogP contribution is -2.30. The molecule has 1 fully saturated rings. The Bertz CT molecular complexity index is 937. The van der Waals surface area contributed by atoms with E-state index >= 15 is 0 Å². The lowest BCUT2D eigenvalue weighted by Gasteiger charge is -2.38. The van der Waals surface area contributed by atoms with Gasteiger partial charge in [0.15, 0.2) is 5.78 Å². The van der Waals surface area contributed by atoms with Crippen LogP contribution in [0.1, 0.15) is 76.9 Å². The first-order chi connectivity index (χ1) is 12.8. The zero-order valence-corrected chi connectivity index (χ0v) is 16.7. The zero-order valence-electron chi connectivity index (χ0n) is 15.9. The highest BCUT2D eigenvalue weighted by Crippen LogP contribution is 2.59. The third kappa shape index (κ3) is 2.98. The van der Waals surface area contributed by atoms with Crippen molar-refractivity contribution in [3.63, 3.8) is 0 Å². The molecular formula is C23H23ClO3. The molecule has 0 heterocycles. The van der Waals surface area contributed by atoms with Crippen LogP contribution in [0.3, 0.4) is 0 Å². The molecule has 0 aliphatic heterocycles. The van der Waals surface area contributed by atoms with Crippen LogP contribution in [-0.4, -0.2) is 18.9 Å². The summed E-state index contributed by atoms with van der Waals surface area (Å²) in [5.41, 5.74) is 4.40. The Morgan fingerprint density at radius 3 is 2.11 bits per heavy atom. The fourth-order valence-electron chi connectivity index (χ4n) is 4.27. The normalized spacial score (nSPS) is 18.7. The minimum atomic E-state index is -0.418. The van der Waals surface area contributed by atoms with Crippen molar-refractivity contribution in [2.45, 2.75) is 50.4 Å². The van der Waals surface area contributed by atoms with Gasteiger partial charge < -0.3 is 4.74 Å². The lowest BCUT2D eigenvalue weighted by atomic mass is 9.67. The number of esters is 1. The van der Waals surface area contributed by atoms with Gasteiger partial charge in [-0.05, 0) is 71.9 Å². The van der Waals surface area contributed by atoms with Crippen molar-refractivity contribution in [1.29, 1.82) is 0 Å². The molecule has 4 rings (SSSR count). The summed E-state index contributed by atoms with van der Waals surface area (Å²) in [5.74, 6) is -0.530. The maximum atomic E-state index is 13.1. The van der Waals surface area contributed by atoms with Crippen molar-refractivity contribution >= 4 is 23.4 Å². The van der Waals surface area contributed by atoms with Gasteiger partial charge in [-0.2, -0.15) is 0 Å². The molecular weight excluding hydrogens is 360 g/mol. The van der Waals surface area contributed by atoms with Gasteiger partial charge in [-0.15, -0.1) is 0 Å². The molecule has 0 radical (unpaired) electrons. The van der Waals surface area contributed by atoms with Gasteiger partial charge >= 0.3 is 5.97 Å². The van der Waals surface area contributed by atoms with Crippen LogP contribution in [-0.2, 0) is 15.6 Å². The zero-order chi connectivity index (χ0) is 19.4. The summed E-state index contributed by atoms with van der Waals surface area (Å²) in [6, 6.07) is 10.6. The monoisotopic (exact) mass is 382 g/mol. The van der Waals surface area contributed by atoms with Gasteiger partial charge in [0, 0.05) is 11.1 Å². The molecule has 0 saturated heterocycles. The third-order valence-corrected chi connectivity index (χ3v) is 6.62. The molecule has 3 nitrogen and oxygen atoms in total. The van der Waals surface area contributed by atoms with Crippen molar-refractivity contribution in [2.24, 2.45) is 0 Å². The highest BCUT2D eigenvalue weighted by atomic mass is 35.5. The Morgan fingerprint density at radius 2 is 1.52 bits per heavy atom. The summed E-state index contributed by atoms with van der Waals surface area (Å²) in [6.07, 6.45) is 4.72. The van der Waals surface area contributed by atoms with E-state index in [1.165, 1.54) is 37.5 Å². The lowest BCUT2D eigenvalue weighted by molar-refractivity contribution is 0.0600. The highest BCUT2D eigenvalue weighted by molar-refractivity contribution is 6.35. The Balaban J connectivity index is 1.74. The van der Waals surface area contributed by atoms with Crippen LogP contribution in [0.25, 0.3) is 0 Å². The summed E-state index contributed by atoms with van der Waals surface area (Å²) in [5, 5.41) is 0.501. The molecule has 2 aliphatic rings. The van der Waals surface area contributed by atoms with Crippen LogP contribution in [0.5, 0.6) is 0 Å². The van der Waals surface area contributed by atoms with Crippen molar-refractivity contribution in [3.05, 3.63) is 69.2 Å². The SMILES string of the molecule is COC(=O)c1ccc(C(=O)c2cc3c(cc2Cl)C(C)(C)CCC32CC2)cc1. The molecule has 0 unspecified atom stereocenters. The second-order valence-electron chi connectivity index (χ2n) is 8.44. The van der Waals surface area contributed by atoms with E-state index < -0.39 is 5.97 Å². The number of hydrogen-bond acceptors (Lipinski definition) is 3. The molecule has 0 aromatic heterocycles. The summed E-state index contributed by atoms with van der Waals surface area (Å²) < 4.78 is 4.71. The van der Waals surface area contributed by atoms with Crippen LogP contribution in [0.2, 0.25) is 5.02 Å². The summed E-state index contributed by atoms with van der Waals surface area (Å²) >= 11 is 6.56. The molecule has 27 heavy (non-hydrogen) atoms.